The van der Waals surface area contributed by atoms with Gasteiger partial charge in [-0.15, -0.1) is 0 Å². The Hall–Kier alpha value is -0.870. The minimum absolute atomic E-state index is 0.632. The van der Waals surface area contributed by atoms with Gasteiger partial charge in [-0.25, -0.2) is 4.98 Å². The summed E-state index contributed by atoms with van der Waals surface area (Å²) in [5.41, 5.74) is 6.98. The average molecular weight is 248 g/mol. The number of likely N-dealkylation sites (tertiary alicyclic amines) is 1. The van der Waals surface area contributed by atoms with Gasteiger partial charge in [0, 0.05) is 36.8 Å². The molecule has 4 heteroatoms. The average Bonchev–Trinajstić information content (AvgIpc) is 2.77. The smallest absolute Gasteiger partial charge is 0.109 e. The normalized spacial score (nSPS) is 23.2. The third-order valence-corrected chi connectivity index (χ3v) is 4.58. The molecule has 0 spiro atoms. The van der Waals surface area contributed by atoms with E-state index in [0.717, 1.165) is 19.0 Å². The van der Waals surface area contributed by atoms with Gasteiger partial charge < -0.3 is 15.6 Å². The first-order valence-corrected chi connectivity index (χ1v) is 7.34. The van der Waals surface area contributed by atoms with Crippen molar-refractivity contribution in [3.63, 3.8) is 0 Å². The molecule has 3 N–H and O–H groups in total. The van der Waals surface area contributed by atoms with Crippen LogP contribution in [0.25, 0.3) is 0 Å². The molecule has 1 aliphatic carbocycles. The third kappa shape index (κ3) is 2.45. The molecule has 3 rings (SSSR count). The summed E-state index contributed by atoms with van der Waals surface area (Å²) in [6.07, 6.45) is 8.59. The lowest BCUT2D eigenvalue weighted by molar-refractivity contribution is 0.215. The number of H-pyrrole nitrogens is 1. The molecular formula is C14H24N4. The molecule has 1 saturated carbocycles. The van der Waals surface area contributed by atoms with Crippen molar-refractivity contribution in [2.45, 2.75) is 43.9 Å². The number of rotatable bonds is 4. The molecule has 1 saturated heterocycles. The van der Waals surface area contributed by atoms with Gasteiger partial charge in [0.1, 0.15) is 5.82 Å². The first-order chi connectivity index (χ1) is 8.86. The minimum Gasteiger partial charge on any atom is -0.345 e. The van der Waals surface area contributed by atoms with Gasteiger partial charge in [0.15, 0.2) is 0 Å². The van der Waals surface area contributed by atoms with E-state index in [2.05, 4.69) is 21.1 Å². The second-order valence-corrected chi connectivity index (χ2v) is 5.76. The number of nitrogens with one attached hydrogen (secondary N) is 1. The predicted molar refractivity (Wildman–Crippen MR) is 72.6 cm³/mol. The summed E-state index contributed by atoms with van der Waals surface area (Å²) in [5, 5.41) is 0. The van der Waals surface area contributed by atoms with Gasteiger partial charge in [0.25, 0.3) is 0 Å². The Kier molecular flexibility index (Phi) is 3.66. The zero-order valence-electron chi connectivity index (χ0n) is 11.1. The maximum atomic E-state index is 5.60. The van der Waals surface area contributed by atoms with Crippen molar-refractivity contribution in [2.75, 3.05) is 26.2 Å². The number of imidazole rings is 1. The number of nitrogens with two attached hydrogens (primary N) is 1. The van der Waals surface area contributed by atoms with E-state index in [4.69, 9.17) is 5.73 Å². The quantitative estimate of drug-likeness (QED) is 0.854. The van der Waals surface area contributed by atoms with Gasteiger partial charge in [-0.2, -0.15) is 0 Å². The van der Waals surface area contributed by atoms with Crippen molar-refractivity contribution in [1.29, 1.82) is 0 Å². The summed E-state index contributed by atoms with van der Waals surface area (Å²) in [7, 11) is 0. The number of piperidine rings is 1. The standard InChI is InChI=1S/C14H24N4/c15-6-9-18-7-4-12(5-8-18)14-16-10-13(17-14)11-2-1-3-11/h10-12H,1-9,15H2,(H,16,17). The third-order valence-electron chi connectivity index (χ3n) is 4.58. The lowest BCUT2D eigenvalue weighted by Crippen LogP contribution is -2.36. The van der Waals surface area contributed by atoms with Crippen LogP contribution < -0.4 is 5.73 Å². The summed E-state index contributed by atoms with van der Waals surface area (Å²) in [6.45, 7) is 4.15. The highest BCUT2D eigenvalue weighted by Gasteiger charge is 2.25. The van der Waals surface area contributed by atoms with Crippen LogP contribution >= 0.6 is 0 Å². The van der Waals surface area contributed by atoms with E-state index in [-0.39, 0.29) is 0 Å². The van der Waals surface area contributed by atoms with Gasteiger partial charge in [0.05, 0.1) is 0 Å². The van der Waals surface area contributed by atoms with Gasteiger partial charge >= 0.3 is 0 Å². The Morgan fingerprint density at radius 2 is 2.00 bits per heavy atom. The van der Waals surface area contributed by atoms with Gasteiger partial charge in [-0.05, 0) is 38.8 Å². The van der Waals surface area contributed by atoms with Crippen molar-refractivity contribution < 1.29 is 0 Å². The molecule has 0 unspecified atom stereocenters. The SMILES string of the molecule is NCCN1CCC(c2ncc(C3CCC3)[nH]2)CC1. The summed E-state index contributed by atoms with van der Waals surface area (Å²) in [5.74, 6) is 2.63. The number of aromatic amines is 1. The molecule has 100 valence electrons. The van der Waals surface area contributed by atoms with Crippen LogP contribution in [0.3, 0.4) is 0 Å². The highest BCUT2D eigenvalue weighted by Crippen LogP contribution is 2.36. The summed E-state index contributed by atoms with van der Waals surface area (Å²) in [6, 6.07) is 0. The molecule has 0 aromatic carbocycles. The fourth-order valence-electron chi connectivity index (χ4n) is 3.10. The van der Waals surface area contributed by atoms with Crippen LogP contribution in [0, 0.1) is 0 Å². The van der Waals surface area contributed by atoms with Crippen LogP contribution in [0.5, 0.6) is 0 Å². The van der Waals surface area contributed by atoms with Crippen molar-refractivity contribution in [2.24, 2.45) is 5.73 Å². The van der Waals surface area contributed by atoms with E-state index < -0.39 is 0 Å². The van der Waals surface area contributed by atoms with Crippen molar-refractivity contribution in [3.8, 4) is 0 Å². The molecule has 18 heavy (non-hydrogen) atoms. The summed E-state index contributed by atoms with van der Waals surface area (Å²) >= 11 is 0. The lowest BCUT2D eigenvalue weighted by Gasteiger charge is -2.30. The van der Waals surface area contributed by atoms with Crippen LogP contribution in [0.4, 0.5) is 0 Å². The molecule has 4 nitrogen and oxygen atoms in total. The number of nitrogens with zero attached hydrogens (tertiary/aromatic N) is 2. The van der Waals surface area contributed by atoms with E-state index in [1.54, 1.807) is 0 Å². The maximum absolute atomic E-state index is 5.60. The first kappa shape index (κ1) is 12.2. The molecule has 1 aromatic heterocycles. The molecule has 2 fully saturated rings. The lowest BCUT2D eigenvalue weighted by atomic mass is 9.83. The molecule has 0 bridgehead atoms. The number of hydrogen-bond acceptors (Lipinski definition) is 3. The fraction of sp³-hybridized carbons (Fsp3) is 0.786. The second kappa shape index (κ2) is 5.41. The van der Waals surface area contributed by atoms with Crippen molar-refractivity contribution in [1.82, 2.24) is 14.9 Å². The highest BCUT2D eigenvalue weighted by atomic mass is 15.1. The Balaban J connectivity index is 1.57. The molecule has 2 heterocycles. The number of hydrogen-bond donors (Lipinski definition) is 2. The molecule has 0 radical (unpaired) electrons. The van der Waals surface area contributed by atoms with E-state index >= 15 is 0 Å². The van der Waals surface area contributed by atoms with Crippen LogP contribution in [0.1, 0.15) is 55.5 Å². The molecular weight excluding hydrogens is 224 g/mol. The Labute approximate surface area is 109 Å². The van der Waals surface area contributed by atoms with Gasteiger partial charge in [-0.3, -0.25) is 0 Å². The maximum Gasteiger partial charge on any atom is 0.109 e. The van der Waals surface area contributed by atoms with Gasteiger partial charge in [-0.1, -0.05) is 6.42 Å². The van der Waals surface area contributed by atoms with E-state index in [1.807, 2.05) is 0 Å². The summed E-state index contributed by atoms with van der Waals surface area (Å²) in [4.78, 5) is 10.7. The molecule has 1 aliphatic heterocycles. The molecule has 0 amide bonds. The van der Waals surface area contributed by atoms with Crippen molar-refractivity contribution >= 4 is 0 Å². The van der Waals surface area contributed by atoms with Crippen LogP contribution in [0.15, 0.2) is 6.20 Å². The van der Waals surface area contributed by atoms with Crippen molar-refractivity contribution in [3.05, 3.63) is 17.7 Å². The summed E-state index contributed by atoms with van der Waals surface area (Å²) < 4.78 is 0. The van der Waals surface area contributed by atoms with E-state index in [0.29, 0.717) is 5.92 Å². The second-order valence-electron chi connectivity index (χ2n) is 5.76. The Morgan fingerprint density at radius 3 is 2.61 bits per heavy atom. The molecule has 1 aromatic rings. The van der Waals surface area contributed by atoms with Crippen LogP contribution in [-0.4, -0.2) is 41.0 Å². The zero-order valence-corrected chi connectivity index (χ0v) is 11.1. The zero-order chi connectivity index (χ0) is 12.4. The molecule has 0 atom stereocenters. The van der Waals surface area contributed by atoms with Crippen LogP contribution in [-0.2, 0) is 0 Å². The monoisotopic (exact) mass is 248 g/mol. The molecule has 2 aliphatic rings. The van der Waals surface area contributed by atoms with E-state index in [9.17, 15) is 0 Å². The highest BCUT2D eigenvalue weighted by molar-refractivity contribution is 5.13. The minimum atomic E-state index is 0.632. The fourth-order valence-corrected chi connectivity index (χ4v) is 3.10. The van der Waals surface area contributed by atoms with E-state index in [1.165, 1.54) is 56.7 Å². The largest absolute Gasteiger partial charge is 0.345 e. The Bertz CT molecular complexity index is 375. The topological polar surface area (TPSA) is 57.9 Å². The predicted octanol–water partition coefficient (Wildman–Crippen LogP) is 1.82. The van der Waals surface area contributed by atoms with Gasteiger partial charge in [0.2, 0.25) is 0 Å². The first-order valence-electron chi connectivity index (χ1n) is 7.34. The number of aromatic nitrogens is 2. The van der Waals surface area contributed by atoms with Crippen LogP contribution in [0.2, 0.25) is 0 Å². The Morgan fingerprint density at radius 1 is 1.22 bits per heavy atom.